The molecule has 4 nitrogen and oxygen atoms in total. The van der Waals surface area contributed by atoms with Gasteiger partial charge in [-0.2, -0.15) is 0 Å². The van der Waals surface area contributed by atoms with Crippen molar-refractivity contribution in [3.63, 3.8) is 0 Å². The van der Waals surface area contributed by atoms with Gasteiger partial charge in [-0.25, -0.2) is 8.42 Å². The molecule has 1 N–H and O–H groups in total. The molecule has 0 aromatic heterocycles. The zero-order chi connectivity index (χ0) is 13.2. The van der Waals surface area contributed by atoms with Crippen LogP contribution in [0, 0.1) is 0 Å². The average molecular weight is 269 g/mol. The average Bonchev–Trinajstić information content (AvgIpc) is 2.40. The van der Waals surface area contributed by atoms with Crippen molar-refractivity contribution < 1.29 is 13.5 Å². The fourth-order valence-corrected chi connectivity index (χ4v) is 3.36. The van der Waals surface area contributed by atoms with E-state index in [0.29, 0.717) is 30.8 Å². The van der Waals surface area contributed by atoms with Crippen LogP contribution in [-0.2, 0) is 9.84 Å². The number of piperidine rings is 1. The number of anilines is 1. The lowest BCUT2D eigenvalue weighted by Crippen LogP contribution is -2.36. The fourth-order valence-electron chi connectivity index (χ4n) is 2.24. The summed E-state index contributed by atoms with van der Waals surface area (Å²) in [5.41, 5.74) is 0.770. The van der Waals surface area contributed by atoms with Crippen molar-refractivity contribution in [1.82, 2.24) is 0 Å². The maximum atomic E-state index is 12.1. The normalized spacial score (nSPS) is 18.0. The number of aliphatic hydroxyl groups excluding tert-OH is 1. The van der Waals surface area contributed by atoms with Crippen molar-refractivity contribution in [1.29, 1.82) is 0 Å². The Morgan fingerprint density at radius 3 is 2.50 bits per heavy atom. The standard InChI is InChI=1S/C13H19NO3S/c1-2-18(16,17)13-6-4-3-5-12(13)14-9-7-11(15)8-10-14/h3-6,11,15H,2,7-10H2,1H3. The lowest BCUT2D eigenvalue weighted by atomic mass is 10.1. The van der Waals surface area contributed by atoms with Crippen LogP contribution < -0.4 is 4.90 Å². The Morgan fingerprint density at radius 2 is 1.89 bits per heavy atom. The van der Waals surface area contributed by atoms with Crippen LogP contribution in [0.1, 0.15) is 19.8 Å². The predicted octanol–water partition coefficient (Wildman–Crippen LogP) is 1.44. The number of rotatable bonds is 3. The minimum atomic E-state index is -3.20. The Morgan fingerprint density at radius 1 is 1.28 bits per heavy atom. The summed E-state index contributed by atoms with van der Waals surface area (Å²) in [6.45, 7) is 3.07. The summed E-state index contributed by atoms with van der Waals surface area (Å²) in [7, 11) is -3.20. The molecule has 1 aromatic carbocycles. The molecule has 1 fully saturated rings. The minimum absolute atomic E-state index is 0.112. The van der Waals surface area contributed by atoms with Gasteiger partial charge in [0.05, 0.1) is 22.4 Å². The van der Waals surface area contributed by atoms with Gasteiger partial charge in [-0.05, 0) is 25.0 Å². The highest BCUT2D eigenvalue weighted by Gasteiger charge is 2.23. The van der Waals surface area contributed by atoms with Crippen LogP contribution in [0.3, 0.4) is 0 Å². The SMILES string of the molecule is CCS(=O)(=O)c1ccccc1N1CCC(O)CC1. The van der Waals surface area contributed by atoms with Crippen molar-refractivity contribution in [2.24, 2.45) is 0 Å². The van der Waals surface area contributed by atoms with Crippen LogP contribution in [0.4, 0.5) is 5.69 Å². The Hall–Kier alpha value is -1.07. The van der Waals surface area contributed by atoms with Gasteiger partial charge >= 0.3 is 0 Å². The molecule has 1 aromatic rings. The first-order chi connectivity index (χ1) is 8.54. The minimum Gasteiger partial charge on any atom is -0.393 e. The van der Waals surface area contributed by atoms with Crippen LogP contribution in [-0.4, -0.2) is 38.5 Å². The molecule has 0 saturated carbocycles. The zero-order valence-electron chi connectivity index (χ0n) is 10.5. The van der Waals surface area contributed by atoms with E-state index in [1.807, 2.05) is 12.1 Å². The van der Waals surface area contributed by atoms with Crippen molar-refractivity contribution in [3.05, 3.63) is 24.3 Å². The highest BCUT2D eigenvalue weighted by Crippen LogP contribution is 2.28. The van der Waals surface area contributed by atoms with Crippen molar-refractivity contribution in [3.8, 4) is 0 Å². The van der Waals surface area contributed by atoms with E-state index in [2.05, 4.69) is 4.90 Å². The van der Waals surface area contributed by atoms with Crippen LogP contribution >= 0.6 is 0 Å². The number of sulfone groups is 1. The van der Waals surface area contributed by atoms with Gasteiger partial charge in [-0.3, -0.25) is 0 Å². The molecule has 5 heteroatoms. The van der Waals surface area contributed by atoms with Gasteiger partial charge in [0.15, 0.2) is 9.84 Å². The number of hydrogen-bond acceptors (Lipinski definition) is 4. The molecule has 100 valence electrons. The second kappa shape index (κ2) is 5.28. The largest absolute Gasteiger partial charge is 0.393 e. The lowest BCUT2D eigenvalue weighted by molar-refractivity contribution is 0.145. The molecule has 18 heavy (non-hydrogen) atoms. The maximum absolute atomic E-state index is 12.1. The first-order valence-electron chi connectivity index (χ1n) is 6.29. The van der Waals surface area contributed by atoms with Crippen LogP contribution in [0.25, 0.3) is 0 Å². The molecule has 0 radical (unpaired) electrons. The molecule has 0 atom stereocenters. The smallest absolute Gasteiger partial charge is 0.180 e. The fraction of sp³-hybridized carbons (Fsp3) is 0.538. The summed E-state index contributed by atoms with van der Waals surface area (Å²) < 4.78 is 24.1. The van der Waals surface area contributed by atoms with E-state index in [1.165, 1.54) is 0 Å². The van der Waals surface area contributed by atoms with Gasteiger partial charge < -0.3 is 10.0 Å². The van der Waals surface area contributed by atoms with Crippen LogP contribution in [0.2, 0.25) is 0 Å². The Balaban J connectivity index is 2.34. The Kier molecular flexibility index (Phi) is 3.92. The van der Waals surface area contributed by atoms with Crippen molar-refractivity contribution in [2.75, 3.05) is 23.7 Å². The summed E-state index contributed by atoms with van der Waals surface area (Å²) in [6, 6.07) is 7.12. The molecule has 1 aliphatic rings. The van der Waals surface area contributed by atoms with Crippen molar-refractivity contribution >= 4 is 15.5 Å². The molecule has 0 unspecified atom stereocenters. The number of hydrogen-bond donors (Lipinski definition) is 1. The van der Waals surface area contributed by atoms with E-state index in [0.717, 1.165) is 5.69 Å². The van der Waals surface area contributed by atoms with Gasteiger partial charge in [0.2, 0.25) is 0 Å². The van der Waals surface area contributed by atoms with Crippen LogP contribution in [0.15, 0.2) is 29.2 Å². The number of para-hydroxylation sites is 1. The monoisotopic (exact) mass is 269 g/mol. The van der Waals surface area contributed by atoms with Gasteiger partial charge in [-0.1, -0.05) is 19.1 Å². The zero-order valence-corrected chi connectivity index (χ0v) is 11.4. The first-order valence-corrected chi connectivity index (χ1v) is 7.94. The van der Waals surface area contributed by atoms with Gasteiger partial charge in [0, 0.05) is 13.1 Å². The van der Waals surface area contributed by atoms with Crippen molar-refractivity contribution in [2.45, 2.75) is 30.8 Å². The summed E-state index contributed by atoms with van der Waals surface area (Å²) in [5, 5.41) is 9.50. The Labute approximate surface area is 108 Å². The summed E-state index contributed by atoms with van der Waals surface area (Å²) in [6.07, 6.45) is 1.14. The van der Waals surface area contributed by atoms with E-state index in [9.17, 15) is 13.5 Å². The summed E-state index contributed by atoms with van der Waals surface area (Å²) in [4.78, 5) is 2.46. The van der Waals surface area contributed by atoms with E-state index < -0.39 is 9.84 Å². The maximum Gasteiger partial charge on any atom is 0.180 e. The second-order valence-electron chi connectivity index (χ2n) is 4.59. The third-order valence-corrected chi connectivity index (χ3v) is 5.16. The molecular weight excluding hydrogens is 250 g/mol. The number of benzene rings is 1. The molecule has 2 rings (SSSR count). The molecule has 1 aliphatic heterocycles. The van der Waals surface area contributed by atoms with Gasteiger partial charge in [-0.15, -0.1) is 0 Å². The lowest BCUT2D eigenvalue weighted by Gasteiger charge is -2.32. The predicted molar refractivity (Wildman–Crippen MR) is 71.6 cm³/mol. The topological polar surface area (TPSA) is 57.6 Å². The quantitative estimate of drug-likeness (QED) is 0.902. The summed E-state index contributed by atoms with van der Waals surface area (Å²) >= 11 is 0. The van der Waals surface area contributed by atoms with E-state index in [1.54, 1.807) is 19.1 Å². The molecule has 1 heterocycles. The first kappa shape index (κ1) is 13.4. The molecule has 0 bridgehead atoms. The molecule has 0 aliphatic carbocycles. The molecular formula is C13H19NO3S. The second-order valence-corrected chi connectivity index (χ2v) is 6.84. The third-order valence-electron chi connectivity index (χ3n) is 3.39. The highest BCUT2D eigenvalue weighted by atomic mass is 32.2. The van der Waals surface area contributed by atoms with Gasteiger partial charge in [0.1, 0.15) is 0 Å². The molecule has 1 saturated heterocycles. The van der Waals surface area contributed by atoms with E-state index >= 15 is 0 Å². The Bertz CT molecular complexity index is 505. The summed E-state index contributed by atoms with van der Waals surface area (Å²) in [5.74, 6) is 0.112. The number of nitrogens with zero attached hydrogens (tertiary/aromatic N) is 1. The third kappa shape index (κ3) is 2.67. The van der Waals surface area contributed by atoms with Crippen LogP contribution in [0.5, 0.6) is 0 Å². The molecule has 0 spiro atoms. The number of aliphatic hydroxyl groups is 1. The van der Waals surface area contributed by atoms with E-state index in [-0.39, 0.29) is 11.9 Å². The van der Waals surface area contributed by atoms with Gasteiger partial charge in [0.25, 0.3) is 0 Å². The van der Waals surface area contributed by atoms with E-state index in [4.69, 9.17) is 0 Å². The highest BCUT2D eigenvalue weighted by molar-refractivity contribution is 7.91. The molecule has 0 amide bonds.